The van der Waals surface area contributed by atoms with E-state index in [-0.39, 0.29) is 37.5 Å². The molecule has 0 spiro atoms. The van der Waals surface area contributed by atoms with Crippen molar-refractivity contribution in [2.75, 3.05) is 62.4 Å². The third-order valence-electron chi connectivity index (χ3n) is 17.8. The van der Waals surface area contributed by atoms with Gasteiger partial charge in [0.05, 0.1) is 12.5 Å². The first-order chi connectivity index (χ1) is 41.3. The predicted octanol–water partition coefficient (Wildman–Crippen LogP) is 2.71. The Morgan fingerprint density at radius 3 is 1.40 bits per heavy atom. The van der Waals surface area contributed by atoms with Crippen LogP contribution in [0.25, 0.3) is 0 Å². The second-order valence-electron chi connectivity index (χ2n) is 25.2. The molecule has 23 heteroatoms. The highest BCUT2D eigenvalue weighted by Crippen LogP contribution is 2.24. The molecule has 2 aromatic carbocycles. The minimum absolute atomic E-state index is 0.0408. The number of likely N-dealkylation sites (N-methyl/N-ethyl adjacent to an activating group) is 7. The minimum atomic E-state index is -1.68. The fraction of sp³-hybridized carbons (Fsp3) is 0.646. The molecule has 11 amide bonds. The van der Waals surface area contributed by atoms with Crippen molar-refractivity contribution in [1.29, 1.82) is 0 Å². The predicted molar refractivity (Wildman–Crippen MR) is 334 cm³/mol. The fourth-order valence-corrected chi connectivity index (χ4v) is 11.2. The van der Waals surface area contributed by atoms with Gasteiger partial charge < -0.3 is 60.3 Å². The van der Waals surface area contributed by atoms with E-state index in [1.807, 2.05) is 34.6 Å². The lowest BCUT2D eigenvalue weighted by atomic mass is 9.94. The van der Waals surface area contributed by atoms with Crippen molar-refractivity contribution in [2.24, 2.45) is 17.8 Å². The van der Waals surface area contributed by atoms with Crippen molar-refractivity contribution in [2.45, 2.75) is 194 Å². The van der Waals surface area contributed by atoms with E-state index in [4.69, 9.17) is 0 Å². The van der Waals surface area contributed by atoms with Gasteiger partial charge in [0.1, 0.15) is 60.4 Å². The highest BCUT2D eigenvalue weighted by atomic mass is 16.3. The molecule has 0 aliphatic carbocycles. The number of nitrogens with zero attached hydrogens (tertiary/aromatic N) is 8. The van der Waals surface area contributed by atoms with E-state index in [1.54, 1.807) is 72.5 Å². The molecule has 0 radical (unpaired) electrons. The first-order valence-electron chi connectivity index (χ1n) is 31.1. The quantitative estimate of drug-likeness (QED) is 0.239. The molecule has 2 fully saturated rings. The van der Waals surface area contributed by atoms with Crippen LogP contribution in [-0.2, 0) is 65.6 Å². The number of likely N-dealkylation sites (tertiary alicyclic amines) is 1. The van der Waals surface area contributed by atoms with Gasteiger partial charge in [0.2, 0.25) is 65.0 Å². The normalized spacial score (nSPS) is 26.7. The van der Waals surface area contributed by atoms with Gasteiger partial charge in [-0.1, -0.05) is 109 Å². The number of nitrogens with one attached hydrogen (secondary N) is 3. The average molecular weight is 1230 g/mol. The summed E-state index contributed by atoms with van der Waals surface area (Å²) in [6.45, 7) is 17.5. The lowest BCUT2D eigenvalue weighted by molar-refractivity contribution is -0.153. The molecular formula is C65H101N11O12. The summed E-state index contributed by atoms with van der Waals surface area (Å²) >= 11 is 0. The SMILES string of the molecule is CC[C@H](C)[C@@H]1NC(=O)[C@H](C)N(C)C(=O)[C@H](C)N(C)C(=O)C[C@@H](C(=O)N2CCCCC2)NC(=O)[C@H](CC(C)C)N(C)C(=O)[C@H](Cc2ccccc2)N(C)C(=O)[C@H](C)N(C)C(=O)[C@H]([C@@H](C)O)NC(=O)[C@H](Cc2ccccc2)N(C)C(=O)[C@H](CC(C)C)N(C)C1=O. The van der Waals surface area contributed by atoms with E-state index in [1.165, 1.54) is 96.6 Å². The summed E-state index contributed by atoms with van der Waals surface area (Å²) in [5.74, 6) is -8.55. The van der Waals surface area contributed by atoms with Gasteiger partial charge >= 0.3 is 0 Å². The molecule has 0 bridgehead atoms. The molecule has 0 saturated carbocycles. The molecule has 0 unspecified atom stereocenters. The number of amides is 11. The molecule has 4 rings (SSSR count). The van der Waals surface area contributed by atoms with Crippen LogP contribution in [0.15, 0.2) is 60.7 Å². The molecule has 23 nitrogen and oxygen atoms in total. The Bertz CT molecular complexity index is 2740. The number of carbonyl (C=O) groups is 11. The first kappa shape index (κ1) is 73.0. The van der Waals surface area contributed by atoms with Crippen LogP contribution in [0.3, 0.4) is 0 Å². The zero-order chi connectivity index (χ0) is 66.2. The summed E-state index contributed by atoms with van der Waals surface area (Å²) in [4.78, 5) is 172. The highest BCUT2D eigenvalue weighted by molar-refractivity contribution is 6.00. The van der Waals surface area contributed by atoms with Crippen molar-refractivity contribution in [3.63, 3.8) is 0 Å². The maximum atomic E-state index is 15.3. The van der Waals surface area contributed by atoms with Gasteiger partial charge in [0.25, 0.3) is 0 Å². The van der Waals surface area contributed by atoms with Gasteiger partial charge in [-0.05, 0) is 88.7 Å². The lowest BCUT2D eigenvalue weighted by Gasteiger charge is -2.39. The topological polar surface area (TPSA) is 270 Å². The number of carbonyl (C=O) groups excluding carboxylic acids is 11. The number of piperidine rings is 1. The van der Waals surface area contributed by atoms with E-state index in [9.17, 15) is 48.3 Å². The van der Waals surface area contributed by atoms with E-state index in [0.29, 0.717) is 43.5 Å². The Morgan fingerprint density at radius 2 is 0.886 bits per heavy atom. The van der Waals surface area contributed by atoms with Crippen LogP contribution in [0.2, 0.25) is 0 Å². The smallest absolute Gasteiger partial charge is 0.248 e. The Hall–Kier alpha value is -7.43. The molecule has 12 atom stereocenters. The number of hydrogen-bond donors (Lipinski definition) is 4. The molecule has 2 aromatic rings. The van der Waals surface area contributed by atoms with E-state index in [0.717, 1.165) is 21.1 Å². The molecule has 0 aromatic heterocycles. The van der Waals surface area contributed by atoms with Gasteiger partial charge in [-0.15, -0.1) is 0 Å². The van der Waals surface area contributed by atoms with E-state index in [2.05, 4.69) is 16.0 Å². The van der Waals surface area contributed by atoms with Gasteiger partial charge in [-0.2, -0.15) is 0 Å². The molecule has 2 aliphatic rings. The number of hydrogen-bond acceptors (Lipinski definition) is 12. The third-order valence-corrected chi connectivity index (χ3v) is 17.8. The van der Waals surface area contributed by atoms with E-state index >= 15 is 9.59 Å². The zero-order valence-corrected chi connectivity index (χ0v) is 55.2. The standard InChI is InChI=1S/C65H101N11O12/c1-18-41(6)54-64(87)75(17)51(35-40(4)5)62(85)73(15)50(36-46-28-22-19-23-29-46)58(81)68-55(45(10)77)65(88)71(13)44(9)60(83)74(16)52(37-47-30-24-20-25-31-47)63(86)72(14)49(34-39(2)3)57(80)66-48(61(84)76-32-26-21-27-33-76)38-53(78)69(11)43(8)59(82)70(12)42(7)56(79)67-54/h19-20,22-25,28-31,39-45,48-52,54-55,77H,18,21,26-27,32-38H2,1-17H3,(H,66,80)(H,67,79)(H,68,81)/t41-,42-,43-,44-,45+,48-,49-,50-,51-,52-,54-,55-/m0/s1. The molecule has 4 N–H and O–H groups in total. The summed E-state index contributed by atoms with van der Waals surface area (Å²) in [6.07, 6.45) is 0.644. The number of aliphatic hydroxyl groups excluding tert-OH is 1. The Morgan fingerprint density at radius 1 is 0.477 bits per heavy atom. The van der Waals surface area contributed by atoms with Crippen molar-refractivity contribution in [3.8, 4) is 0 Å². The second kappa shape index (κ2) is 33.2. The van der Waals surface area contributed by atoms with Crippen molar-refractivity contribution < 1.29 is 57.8 Å². The van der Waals surface area contributed by atoms with Crippen LogP contribution >= 0.6 is 0 Å². The van der Waals surface area contributed by atoms with Crippen molar-refractivity contribution >= 4 is 65.0 Å². The Balaban J connectivity index is 1.93. The Labute approximate surface area is 521 Å². The highest BCUT2D eigenvalue weighted by Gasteiger charge is 2.44. The molecular weight excluding hydrogens is 1130 g/mol. The van der Waals surface area contributed by atoms with Crippen LogP contribution < -0.4 is 16.0 Å². The molecule has 2 aliphatic heterocycles. The van der Waals surface area contributed by atoms with Crippen molar-refractivity contribution in [1.82, 2.24) is 55.1 Å². The van der Waals surface area contributed by atoms with Gasteiger partial charge in [0, 0.05) is 75.3 Å². The summed E-state index contributed by atoms with van der Waals surface area (Å²) in [6, 6.07) is 4.55. The van der Waals surface area contributed by atoms with Crippen LogP contribution in [0.4, 0.5) is 0 Å². The van der Waals surface area contributed by atoms with Crippen LogP contribution in [0.1, 0.15) is 125 Å². The zero-order valence-electron chi connectivity index (χ0n) is 55.2. The summed E-state index contributed by atoms with van der Waals surface area (Å²) in [5.41, 5.74) is 1.29. The maximum Gasteiger partial charge on any atom is 0.248 e. The molecule has 488 valence electrons. The van der Waals surface area contributed by atoms with Gasteiger partial charge in [-0.25, -0.2) is 0 Å². The van der Waals surface area contributed by atoms with Crippen molar-refractivity contribution in [3.05, 3.63) is 71.8 Å². The monoisotopic (exact) mass is 1230 g/mol. The van der Waals surface area contributed by atoms with Gasteiger partial charge in [0.15, 0.2) is 0 Å². The number of rotatable bonds is 12. The third kappa shape index (κ3) is 18.8. The second-order valence-corrected chi connectivity index (χ2v) is 25.2. The maximum absolute atomic E-state index is 15.3. The van der Waals surface area contributed by atoms with Crippen LogP contribution in [0.5, 0.6) is 0 Å². The molecule has 2 heterocycles. The average Bonchev–Trinajstić information content (AvgIpc) is 2.16. The fourth-order valence-electron chi connectivity index (χ4n) is 11.2. The first-order valence-corrected chi connectivity index (χ1v) is 31.1. The summed E-state index contributed by atoms with van der Waals surface area (Å²) < 4.78 is 0. The molecule has 2 saturated heterocycles. The summed E-state index contributed by atoms with van der Waals surface area (Å²) in [7, 11) is 9.79. The summed E-state index contributed by atoms with van der Waals surface area (Å²) in [5, 5.41) is 19.7. The minimum Gasteiger partial charge on any atom is -0.391 e. The van der Waals surface area contributed by atoms with E-state index < -0.39 is 144 Å². The molecule has 88 heavy (non-hydrogen) atoms. The van der Waals surface area contributed by atoms with Gasteiger partial charge in [-0.3, -0.25) is 52.7 Å². The Kier molecular flexibility index (Phi) is 27.6. The van der Waals surface area contributed by atoms with Crippen LogP contribution in [-0.4, -0.2) is 238 Å². The number of aliphatic hydroxyl groups is 1. The lowest BCUT2D eigenvalue weighted by Crippen LogP contribution is -2.62. The largest absolute Gasteiger partial charge is 0.391 e. The number of benzene rings is 2. The van der Waals surface area contributed by atoms with Crippen LogP contribution in [0, 0.1) is 17.8 Å².